The third kappa shape index (κ3) is 2.15. The second kappa shape index (κ2) is 4.75. The average molecular weight is 259 g/mol. The summed E-state index contributed by atoms with van der Waals surface area (Å²) in [5, 5.41) is 3.22. The van der Waals surface area contributed by atoms with Crippen LogP contribution in [0.4, 0.5) is 0 Å². The van der Waals surface area contributed by atoms with Crippen LogP contribution in [0.1, 0.15) is 15.9 Å². The summed E-state index contributed by atoms with van der Waals surface area (Å²) in [7, 11) is 2.05. The number of carbonyl (C=O) groups excluding carboxylic acids is 2. The molecule has 2 heterocycles. The highest BCUT2D eigenvalue weighted by atomic mass is 16.2. The molecule has 0 aliphatic carbocycles. The second-order valence-electron chi connectivity index (χ2n) is 5.10. The van der Waals surface area contributed by atoms with Crippen molar-refractivity contribution in [2.45, 2.75) is 6.42 Å². The minimum absolute atomic E-state index is 0.117. The molecule has 3 rings (SSSR count). The van der Waals surface area contributed by atoms with E-state index in [1.165, 1.54) is 5.01 Å². The molecule has 0 N–H and O–H groups in total. The van der Waals surface area contributed by atoms with Crippen LogP contribution in [0.3, 0.4) is 0 Å². The van der Waals surface area contributed by atoms with E-state index in [0.29, 0.717) is 12.0 Å². The van der Waals surface area contributed by atoms with Crippen molar-refractivity contribution in [2.24, 2.45) is 0 Å². The summed E-state index contributed by atoms with van der Waals surface area (Å²) in [5.41, 5.74) is 1.49. The molecule has 5 nitrogen and oxygen atoms in total. The Balaban J connectivity index is 1.87. The van der Waals surface area contributed by atoms with Crippen molar-refractivity contribution in [2.75, 3.05) is 33.2 Å². The summed E-state index contributed by atoms with van der Waals surface area (Å²) in [6.07, 6.45) is 0.314. The first-order chi connectivity index (χ1) is 9.16. The Bertz CT molecular complexity index is 521. The number of imide groups is 1. The van der Waals surface area contributed by atoms with Gasteiger partial charge in [-0.2, -0.15) is 0 Å². The normalized spacial score (nSPS) is 21.6. The number of hydrogen-bond donors (Lipinski definition) is 0. The number of carbonyl (C=O) groups is 2. The number of nitrogens with zero attached hydrogens (tertiary/aromatic N) is 3. The molecule has 0 radical (unpaired) electrons. The van der Waals surface area contributed by atoms with E-state index >= 15 is 0 Å². The van der Waals surface area contributed by atoms with E-state index in [1.807, 2.05) is 30.3 Å². The predicted octanol–water partition coefficient (Wildman–Crippen LogP) is 0.374. The first-order valence-electron chi connectivity index (χ1n) is 6.55. The lowest BCUT2D eigenvalue weighted by Gasteiger charge is -2.40. The molecule has 1 aromatic rings. The van der Waals surface area contributed by atoms with Crippen LogP contribution in [0.2, 0.25) is 0 Å². The van der Waals surface area contributed by atoms with Gasteiger partial charge < -0.3 is 4.90 Å². The van der Waals surface area contributed by atoms with Gasteiger partial charge in [0, 0.05) is 31.7 Å². The first kappa shape index (κ1) is 12.3. The Morgan fingerprint density at radius 1 is 1.00 bits per heavy atom. The van der Waals surface area contributed by atoms with Crippen LogP contribution in [0, 0.1) is 0 Å². The standard InChI is InChI=1S/C14H17N3O2/c1-15-6-8-16(9-7-15)17-13(18)10-11-4-2-3-5-12(11)14(17)19/h2-5H,6-10H2,1H3. The zero-order valence-electron chi connectivity index (χ0n) is 11.0. The number of piperazine rings is 1. The van der Waals surface area contributed by atoms with E-state index in [4.69, 9.17) is 0 Å². The molecule has 0 bridgehead atoms. The number of amides is 2. The molecule has 100 valence electrons. The van der Waals surface area contributed by atoms with Crippen molar-refractivity contribution < 1.29 is 9.59 Å². The van der Waals surface area contributed by atoms with Gasteiger partial charge in [-0.05, 0) is 18.7 Å². The van der Waals surface area contributed by atoms with Crippen molar-refractivity contribution in [1.82, 2.24) is 14.9 Å². The van der Waals surface area contributed by atoms with Crippen LogP contribution in [-0.2, 0) is 11.2 Å². The molecule has 1 aromatic carbocycles. The van der Waals surface area contributed by atoms with Crippen LogP contribution in [0.15, 0.2) is 24.3 Å². The molecule has 5 heteroatoms. The van der Waals surface area contributed by atoms with Crippen LogP contribution < -0.4 is 0 Å². The monoisotopic (exact) mass is 259 g/mol. The molecular formula is C14H17N3O2. The molecule has 0 atom stereocenters. The maximum atomic E-state index is 12.5. The van der Waals surface area contributed by atoms with Gasteiger partial charge in [-0.3, -0.25) is 9.59 Å². The molecule has 19 heavy (non-hydrogen) atoms. The lowest BCUT2D eigenvalue weighted by molar-refractivity contribution is -0.144. The van der Waals surface area contributed by atoms with Gasteiger partial charge in [-0.1, -0.05) is 18.2 Å². The summed E-state index contributed by atoms with van der Waals surface area (Å²) in [6.45, 7) is 3.18. The van der Waals surface area contributed by atoms with Crippen LogP contribution in [0.5, 0.6) is 0 Å². The van der Waals surface area contributed by atoms with Crippen molar-refractivity contribution in [1.29, 1.82) is 0 Å². The Morgan fingerprint density at radius 2 is 1.68 bits per heavy atom. The van der Waals surface area contributed by atoms with Gasteiger partial charge in [0.05, 0.1) is 6.42 Å². The molecule has 2 aliphatic rings. The van der Waals surface area contributed by atoms with Gasteiger partial charge >= 0.3 is 0 Å². The van der Waals surface area contributed by atoms with Gasteiger partial charge in [-0.25, -0.2) is 10.0 Å². The second-order valence-corrected chi connectivity index (χ2v) is 5.10. The maximum Gasteiger partial charge on any atom is 0.275 e. The SMILES string of the molecule is CN1CCN(N2C(=O)Cc3ccccc3C2=O)CC1. The third-order valence-electron chi connectivity index (χ3n) is 3.78. The molecule has 1 fully saturated rings. The largest absolute Gasteiger partial charge is 0.304 e. The van der Waals surface area contributed by atoms with Gasteiger partial charge in [0.25, 0.3) is 5.91 Å². The molecule has 0 unspecified atom stereocenters. The van der Waals surface area contributed by atoms with Crippen molar-refractivity contribution in [3.63, 3.8) is 0 Å². The predicted molar refractivity (Wildman–Crippen MR) is 70.4 cm³/mol. The highest BCUT2D eigenvalue weighted by Gasteiger charge is 2.35. The highest BCUT2D eigenvalue weighted by molar-refractivity contribution is 6.09. The Labute approximate surface area is 112 Å². The molecule has 0 aromatic heterocycles. The molecule has 0 spiro atoms. The van der Waals surface area contributed by atoms with E-state index in [9.17, 15) is 9.59 Å². The highest BCUT2D eigenvalue weighted by Crippen LogP contribution is 2.21. The zero-order valence-corrected chi connectivity index (χ0v) is 11.0. The van der Waals surface area contributed by atoms with Crippen molar-refractivity contribution in [3.05, 3.63) is 35.4 Å². The van der Waals surface area contributed by atoms with E-state index < -0.39 is 0 Å². The zero-order chi connectivity index (χ0) is 13.4. The summed E-state index contributed by atoms with van der Waals surface area (Å²) in [6, 6.07) is 7.36. The fraction of sp³-hybridized carbons (Fsp3) is 0.429. The van der Waals surface area contributed by atoms with E-state index in [2.05, 4.69) is 4.90 Å². The van der Waals surface area contributed by atoms with Gasteiger partial charge in [0.15, 0.2) is 0 Å². The smallest absolute Gasteiger partial charge is 0.275 e. The summed E-state index contributed by atoms with van der Waals surface area (Å²) < 4.78 is 0. The topological polar surface area (TPSA) is 43.9 Å². The Hall–Kier alpha value is -1.72. The maximum absolute atomic E-state index is 12.5. The van der Waals surface area contributed by atoms with Crippen LogP contribution in [0.25, 0.3) is 0 Å². The average Bonchev–Trinajstić information content (AvgIpc) is 2.41. The molecule has 2 amide bonds. The lowest BCUT2D eigenvalue weighted by atomic mass is 9.99. The fourth-order valence-corrected chi connectivity index (χ4v) is 2.63. The molecular weight excluding hydrogens is 242 g/mol. The number of benzene rings is 1. The third-order valence-corrected chi connectivity index (χ3v) is 3.78. The fourth-order valence-electron chi connectivity index (χ4n) is 2.63. The summed E-state index contributed by atoms with van der Waals surface area (Å²) >= 11 is 0. The molecule has 2 aliphatic heterocycles. The number of rotatable bonds is 1. The summed E-state index contributed by atoms with van der Waals surface area (Å²) in [4.78, 5) is 26.9. The number of fused-ring (bicyclic) bond motifs is 1. The molecule has 1 saturated heterocycles. The Morgan fingerprint density at radius 3 is 2.42 bits per heavy atom. The van der Waals surface area contributed by atoms with Crippen molar-refractivity contribution in [3.8, 4) is 0 Å². The summed E-state index contributed by atoms with van der Waals surface area (Å²) in [5.74, 6) is -0.301. The minimum Gasteiger partial charge on any atom is -0.304 e. The van der Waals surface area contributed by atoms with Crippen LogP contribution >= 0.6 is 0 Å². The quantitative estimate of drug-likeness (QED) is 0.684. The van der Waals surface area contributed by atoms with E-state index in [1.54, 1.807) is 6.07 Å². The van der Waals surface area contributed by atoms with Gasteiger partial charge in [0.1, 0.15) is 0 Å². The number of likely N-dealkylation sites (N-methyl/N-ethyl adjacent to an activating group) is 1. The van der Waals surface area contributed by atoms with E-state index in [-0.39, 0.29) is 11.8 Å². The minimum atomic E-state index is -0.184. The van der Waals surface area contributed by atoms with Crippen molar-refractivity contribution >= 4 is 11.8 Å². The van der Waals surface area contributed by atoms with Gasteiger partial charge in [-0.15, -0.1) is 0 Å². The Kier molecular flexibility index (Phi) is 3.08. The lowest BCUT2D eigenvalue weighted by Crippen LogP contribution is -2.58. The van der Waals surface area contributed by atoms with Crippen LogP contribution in [-0.4, -0.2) is 60.0 Å². The van der Waals surface area contributed by atoms with E-state index in [0.717, 1.165) is 31.7 Å². The molecule has 0 saturated carbocycles. The number of hydrazine groups is 1. The number of hydrogen-bond acceptors (Lipinski definition) is 4. The van der Waals surface area contributed by atoms with Gasteiger partial charge in [0.2, 0.25) is 5.91 Å². The first-order valence-corrected chi connectivity index (χ1v) is 6.55.